The van der Waals surface area contributed by atoms with E-state index in [2.05, 4.69) is 12.2 Å². The molecule has 0 radical (unpaired) electrons. The lowest BCUT2D eigenvalue weighted by Gasteiger charge is -2.30. The Balaban J connectivity index is 2.18. The maximum absolute atomic E-state index is 12.0. The van der Waals surface area contributed by atoms with Gasteiger partial charge in [0.2, 0.25) is 0 Å². The maximum atomic E-state index is 12.0. The Hall–Kier alpha value is -0.290. The largest absolute Gasteiger partial charge is 0.389 e. The maximum Gasteiger partial charge on any atom is 0.389 e. The van der Waals surface area contributed by atoms with Crippen LogP contribution >= 0.6 is 0 Å². The molecule has 0 aliphatic heterocycles. The Morgan fingerprint density at radius 2 is 1.89 bits per heavy atom. The van der Waals surface area contributed by atoms with E-state index in [4.69, 9.17) is 4.74 Å². The molecule has 0 aromatic carbocycles. The van der Waals surface area contributed by atoms with Gasteiger partial charge in [0.1, 0.15) is 0 Å². The fraction of sp³-hybridized carbons (Fsp3) is 1.00. The third kappa shape index (κ3) is 7.78. The summed E-state index contributed by atoms with van der Waals surface area (Å²) in [5, 5.41) is 3.41. The van der Waals surface area contributed by atoms with Gasteiger partial charge < -0.3 is 10.1 Å². The molecule has 1 saturated carbocycles. The number of likely N-dealkylation sites (N-methyl/N-ethyl adjacent to an activating group) is 1. The molecule has 114 valence electrons. The molecule has 1 aliphatic carbocycles. The van der Waals surface area contributed by atoms with Gasteiger partial charge in [-0.25, -0.2) is 0 Å². The topological polar surface area (TPSA) is 21.3 Å². The minimum absolute atomic E-state index is 0.0625. The zero-order valence-electron chi connectivity index (χ0n) is 11.8. The van der Waals surface area contributed by atoms with Gasteiger partial charge in [-0.05, 0) is 31.7 Å². The molecule has 19 heavy (non-hydrogen) atoms. The van der Waals surface area contributed by atoms with Crippen LogP contribution in [0, 0.1) is 5.92 Å². The highest BCUT2D eigenvalue weighted by atomic mass is 19.4. The molecule has 0 heterocycles. The minimum atomic E-state index is -4.06. The van der Waals surface area contributed by atoms with Crippen molar-refractivity contribution in [2.45, 2.75) is 64.1 Å². The Kier molecular flexibility index (Phi) is 7.76. The first-order valence-electron chi connectivity index (χ1n) is 7.41. The van der Waals surface area contributed by atoms with Gasteiger partial charge in [-0.1, -0.05) is 26.2 Å². The Morgan fingerprint density at radius 1 is 1.21 bits per heavy atom. The van der Waals surface area contributed by atoms with Crippen LogP contribution in [0.25, 0.3) is 0 Å². The molecule has 0 aromatic rings. The number of ether oxygens (including phenoxy) is 1. The van der Waals surface area contributed by atoms with E-state index in [9.17, 15) is 13.2 Å². The lowest BCUT2D eigenvalue weighted by atomic mass is 9.84. The standard InChI is InChI=1S/C14H26F3NO/c1-2-18-13(12-7-4-3-5-8-12)11-19-10-6-9-14(15,16)17/h12-13,18H,2-11H2,1H3. The van der Waals surface area contributed by atoms with Crippen molar-refractivity contribution < 1.29 is 17.9 Å². The minimum Gasteiger partial charge on any atom is -0.380 e. The highest BCUT2D eigenvalue weighted by Gasteiger charge is 2.26. The number of nitrogens with one attached hydrogen (secondary N) is 1. The molecule has 1 fully saturated rings. The summed E-state index contributed by atoms with van der Waals surface area (Å²) in [6, 6.07) is 0.302. The summed E-state index contributed by atoms with van der Waals surface area (Å²) in [6.45, 7) is 3.68. The molecule has 0 spiro atoms. The molecular formula is C14H26F3NO. The van der Waals surface area contributed by atoms with Crippen molar-refractivity contribution in [2.75, 3.05) is 19.8 Å². The van der Waals surface area contributed by atoms with Crippen LogP contribution in [0.15, 0.2) is 0 Å². The Bertz CT molecular complexity index is 227. The van der Waals surface area contributed by atoms with Crippen molar-refractivity contribution in [2.24, 2.45) is 5.92 Å². The van der Waals surface area contributed by atoms with Gasteiger partial charge >= 0.3 is 6.18 Å². The van der Waals surface area contributed by atoms with Gasteiger partial charge in [-0.2, -0.15) is 13.2 Å². The molecule has 1 N–H and O–H groups in total. The van der Waals surface area contributed by atoms with Crippen molar-refractivity contribution in [3.8, 4) is 0 Å². The average Bonchev–Trinajstić information content (AvgIpc) is 2.37. The van der Waals surface area contributed by atoms with Crippen molar-refractivity contribution in [3.63, 3.8) is 0 Å². The van der Waals surface area contributed by atoms with Gasteiger partial charge in [0, 0.05) is 19.1 Å². The van der Waals surface area contributed by atoms with Crippen LogP contribution in [0.1, 0.15) is 51.9 Å². The second kappa shape index (κ2) is 8.80. The van der Waals surface area contributed by atoms with E-state index < -0.39 is 12.6 Å². The summed E-state index contributed by atoms with van der Waals surface area (Å²) in [5.41, 5.74) is 0. The monoisotopic (exact) mass is 281 g/mol. The third-order valence-corrected chi connectivity index (χ3v) is 3.73. The summed E-state index contributed by atoms with van der Waals surface area (Å²) in [6.07, 6.45) is 1.51. The molecular weight excluding hydrogens is 255 g/mol. The number of halogens is 3. The van der Waals surface area contributed by atoms with Crippen LogP contribution in [-0.2, 0) is 4.74 Å². The molecule has 1 aliphatic rings. The summed E-state index contributed by atoms with van der Waals surface area (Å²) < 4.78 is 41.4. The van der Waals surface area contributed by atoms with Gasteiger partial charge in [0.05, 0.1) is 6.61 Å². The number of hydrogen-bond acceptors (Lipinski definition) is 2. The smallest absolute Gasteiger partial charge is 0.380 e. The molecule has 0 aromatic heterocycles. The predicted octanol–water partition coefficient (Wildman–Crippen LogP) is 3.90. The zero-order valence-corrected chi connectivity index (χ0v) is 11.8. The van der Waals surface area contributed by atoms with E-state index in [1.54, 1.807) is 0 Å². The van der Waals surface area contributed by atoms with Crippen LogP contribution in [0.2, 0.25) is 0 Å². The van der Waals surface area contributed by atoms with Crippen molar-refractivity contribution in [3.05, 3.63) is 0 Å². The van der Waals surface area contributed by atoms with Crippen molar-refractivity contribution >= 4 is 0 Å². The highest BCUT2D eigenvalue weighted by Crippen LogP contribution is 2.27. The fourth-order valence-electron chi connectivity index (χ4n) is 2.75. The van der Waals surface area contributed by atoms with Crippen LogP contribution < -0.4 is 5.32 Å². The Morgan fingerprint density at radius 3 is 2.47 bits per heavy atom. The fourth-order valence-corrected chi connectivity index (χ4v) is 2.75. The van der Waals surface area contributed by atoms with E-state index in [0.29, 0.717) is 18.6 Å². The van der Waals surface area contributed by atoms with E-state index in [1.165, 1.54) is 32.1 Å². The van der Waals surface area contributed by atoms with E-state index in [1.807, 2.05) is 0 Å². The second-order valence-electron chi connectivity index (χ2n) is 5.36. The Labute approximate surface area is 114 Å². The molecule has 1 atom stereocenters. The first-order valence-corrected chi connectivity index (χ1v) is 7.41. The summed E-state index contributed by atoms with van der Waals surface area (Å²) in [7, 11) is 0. The lowest BCUT2D eigenvalue weighted by Crippen LogP contribution is -2.41. The molecule has 1 unspecified atom stereocenters. The van der Waals surface area contributed by atoms with Gasteiger partial charge in [0.25, 0.3) is 0 Å². The SMILES string of the molecule is CCNC(COCCCC(F)(F)F)C1CCCCC1. The average molecular weight is 281 g/mol. The normalized spacial score (nSPS) is 19.6. The summed E-state index contributed by atoms with van der Waals surface area (Å²) in [4.78, 5) is 0. The van der Waals surface area contributed by atoms with Crippen LogP contribution in [0.3, 0.4) is 0 Å². The molecule has 0 amide bonds. The second-order valence-corrected chi connectivity index (χ2v) is 5.36. The first kappa shape index (κ1) is 16.8. The van der Waals surface area contributed by atoms with Crippen LogP contribution in [0.4, 0.5) is 13.2 Å². The highest BCUT2D eigenvalue weighted by molar-refractivity contribution is 4.78. The van der Waals surface area contributed by atoms with E-state index in [0.717, 1.165) is 6.54 Å². The van der Waals surface area contributed by atoms with Gasteiger partial charge in [-0.15, -0.1) is 0 Å². The predicted molar refractivity (Wildman–Crippen MR) is 70.1 cm³/mol. The van der Waals surface area contributed by atoms with Crippen LogP contribution in [0.5, 0.6) is 0 Å². The zero-order chi connectivity index (χ0) is 14.1. The number of rotatable bonds is 8. The molecule has 5 heteroatoms. The lowest BCUT2D eigenvalue weighted by molar-refractivity contribution is -0.138. The quantitative estimate of drug-likeness (QED) is 0.681. The van der Waals surface area contributed by atoms with Crippen LogP contribution in [-0.4, -0.2) is 32.0 Å². The molecule has 2 nitrogen and oxygen atoms in total. The van der Waals surface area contributed by atoms with Gasteiger partial charge in [0.15, 0.2) is 0 Å². The molecule has 1 rings (SSSR count). The van der Waals surface area contributed by atoms with Crippen molar-refractivity contribution in [1.29, 1.82) is 0 Å². The molecule has 0 bridgehead atoms. The first-order chi connectivity index (χ1) is 9.03. The number of alkyl halides is 3. The van der Waals surface area contributed by atoms with Crippen molar-refractivity contribution in [1.82, 2.24) is 5.32 Å². The summed E-state index contributed by atoms with van der Waals surface area (Å²) >= 11 is 0. The molecule has 0 saturated heterocycles. The third-order valence-electron chi connectivity index (χ3n) is 3.73. The van der Waals surface area contributed by atoms with Gasteiger partial charge in [-0.3, -0.25) is 0 Å². The van der Waals surface area contributed by atoms with E-state index >= 15 is 0 Å². The summed E-state index contributed by atoms with van der Waals surface area (Å²) in [5.74, 6) is 0.622. The van der Waals surface area contributed by atoms with E-state index in [-0.39, 0.29) is 13.0 Å². The number of hydrogen-bond donors (Lipinski definition) is 1.